The summed E-state index contributed by atoms with van der Waals surface area (Å²) < 4.78 is 1.65. The van der Waals surface area contributed by atoms with Gasteiger partial charge in [0, 0.05) is 19.6 Å². The van der Waals surface area contributed by atoms with Gasteiger partial charge in [-0.1, -0.05) is 13.8 Å². The Hall–Kier alpha value is -1.63. The molecule has 2 N–H and O–H groups in total. The zero-order valence-corrected chi connectivity index (χ0v) is 12.4. The highest BCUT2D eigenvalue weighted by Crippen LogP contribution is 2.31. The largest absolute Gasteiger partial charge is 0.378 e. The summed E-state index contributed by atoms with van der Waals surface area (Å²) in [6.45, 7) is 9.15. The molecular formula is C13H23N5O2. The molecule has 2 rings (SSSR count). The standard InChI is InChI=1S/C13H23N5O2/c1-9(2)8-16-6-4-11(5-7-16)17-13(14)12(18(19)20)10(3)15-17/h9,11H,4-8,14H2,1-3H3. The first-order valence-electron chi connectivity index (χ1n) is 7.11. The van der Waals surface area contributed by atoms with Crippen LogP contribution >= 0.6 is 0 Å². The fourth-order valence-corrected chi connectivity index (χ4v) is 2.92. The maximum Gasteiger partial charge on any atom is 0.333 e. The van der Waals surface area contributed by atoms with Crippen LogP contribution in [0.3, 0.4) is 0 Å². The van der Waals surface area contributed by atoms with Crippen molar-refractivity contribution in [3.63, 3.8) is 0 Å². The lowest BCUT2D eigenvalue weighted by atomic mass is 10.0. The second-order valence-corrected chi connectivity index (χ2v) is 5.95. The van der Waals surface area contributed by atoms with Crippen LogP contribution in [0.4, 0.5) is 11.5 Å². The third-order valence-electron chi connectivity index (χ3n) is 3.80. The van der Waals surface area contributed by atoms with Gasteiger partial charge in [0.15, 0.2) is 0 Å². The summed E-state index contributed by atoms with van der Waals surface area (Å²) in [7, 11) is 0. The van der Waals surface area contributed by atoms with Gasteiger partial charge < -0.3 is 10.6 Å². The lowest BCUT2D eigenvalue weighted by molar-refractivity contribution is -0.384. The number of nitrogens with zero attached hydrogens (tertiary/aromatic N) is 4. The third kappa shape index (κ3) is 2.92. The molecule has 1 aliphatic rings. The van der Waals surface area contributed by atoms with Crippen molar-refractivity contribution in [1.29, 1.82) is 0 Å². The predicted molar refractivity (Wildman–Crippen MR) is 77.6 cm³/mol. The highest BCUT2D eigenvalue weighted by atomic mass is 16.6. The Morgan fingerprint density at radius 1 is 1.45 bits per heavy atom. The van der Waals surface area contributed by atoms with Crippen molar-refractivity contribution in [2.24, 2.45) is 5.92 Å². The Morgan fingerprint density at radius 3 is 2.50 bits per heavy atom. The molecular weight excluding hydrogens is 258 g/mol. The predicted octanol–water partition coefficient (Wildman–Crippen LogP) is 1.97. The van der Waals surface area contributed by atoms with Crippen molar-refractivity contribution in [3.8, 4) is 0 Å². The normalized spacial score (nSPS) is 17.8. The second-order valence-electron chi connectivity index (χ2n) is 5.95. The molecule has 7 heteroatoms. The van der Waals surface area contributed by atoms with Crippen molar-refractivity contribution >= 4 is 11.5 Å². The van der Waals surface area contributed by atoms with E-state index in [2.05, 4.69) is 23.8 Å². The lowest BCUT2D eigenvalue weighted by Gasteiger charge is -2.33. The number of nitrogen functional groups attached to an aromatic ring is 1. The Kier molecular flexibility index (Phi) is 4.27. The first-order valence-corrected chi connectivity index (χ1v) is 7.11. The van der Waals surface area contributed by atoms with Crippen LogP contribution in [-0.2, 0) is 0 Å². The molecule has 1 aliphatic heterocycles. The van der Waals surface area contributed by atoms with Gasteiger partial charge in [0.25, 0.3) is 0 Å². The molecule has 0 bridgehead atoms. The number of nitrogens with two attached hydrogens (primary N) is 1. The van der Waals surface area contributed by atoms with Crippen LogP contribution < -0.4 is 5.73 Å². The minimum atomic E-state index is -0.442. The summed E-state index contributed by atoms with van der Waals surface area (Å²) in [4.78, 5) is 13.0. The fourth-order valence-electron chi connectivity index (χ4n) is 2.92. The molecule has 0 spiro atoms. The van der Waals surface area contributed by atoms with Gasteiger partial charge >= 0.3 is 5.69 Å². The molecule has 0 radical (unpaired) electrons. The van der Waals surface area contributed by atoms with Gasteiger partial charge in [0.05, 0.1) is 11.0 Å². The monoisotopic (exact) mass is 281 g/mol. The number of hydrogen-bond donors (Lipinski definition) is 1. The van der Waals surface area contributed by atoms with Gasteiger partial charge in [0.1, 0.15) is 5.69 Å². The van der Waals surface area contributed by atoms with Crippen LogP contribution in [0.25, 0.3) is 0 Å². The summed E-state index contributed by atoms with van der Waals surface area (Å²) in [5.74, 6) is 0.847. The average Bonchev–Trinajstić information content (AvgIpc) is 2.65. The zero-order valence-electron chi connectivity index (χ0n) is 12.4. The molecule has 0 aliphatic carbocycles. The zero-order chi connectivity index (χ0) is 14.9. The Morgan fingerprint density at radius 2 is 2.05 bits per heavy atom. The maximum absolute atomic E-state index is 11.0. The summed E-state index contributed by atoms with van der Waals surface area (Å²) in [6, 6.07) is 0.172. The number of aromatic nitrogens is 2. The average molecular weight is 281 g/mol. The van der Waals surface area contributed by atoms with Gasteiger partial charge in [0.2, 0.25) is 5.82 Å². The highest BCUT2D eigenvalue weighted by molar-refractivity contribution is 5.56. The fraction of sp³-hybridized carbons (Fsp3) is 0.769. The van der Waals surface area contributed by atoms with Gasteiger partial charge in [-0.05, 0) is 25.7 Å². The quantitative estimate of drug-likeness (QED) is 0.673. The number of likely N-dealkylation sites (tertiary alicyclic amines) is 1. The molecule has 0 amide bonds. The van der Waals surface area contributed by atoms with Crippen LogP contribution in [0, 0.1) is 23.0 Å². The number of piperidine rings is 1. The molecule has 0 aromatic carbocycles. The Balaban J connectivity index is 2.08. The van der Waals surface area contributed by atoms with Gasteiger partial charge in [-0.15, -0.1) is 0 Å². The number of aryl methyl sites for hydroxylation is 1. The number of rotatable bonds is 4. The summed E-state index contributed by atoms with van der Waals surface area (Å²) in [5, 5.41) is 15.2. The number of anilines is 1. The van der Waals surface area contributed by atoms with E-state index < -0.39 is 4.92 Å². The topological polar surface area (TPSA) is 90.2 Å². The van der Waals surface area contributed by atoms with E-state index in [0.29, 0.717) is 11.6 Å². The first kappa shape index (κ1) is 14.8. The van der Waals surface area contributed by atoms with Crippen molar-refractivity contribution < 1.29 is 4.92 Å². The molecule has 112 valence electrons. The molecule has 20 heavy (non-hydrogen) atoms. The van der Waals surface area contributed by atoms with E-state index in [1.54, 1.807) is 11.6 Å². The maximum atomic E-state index is 11.0. The van der Waals surface area contributed by atoms with Crippen LogP contribution in [0.15, 0.2) is 0 Å². The summed E-state index contributed by atoms with van der Waals surface area (Å²) in [5.41, 5.74) is 6.25. The van der Waals surface area contributed by atoms with E-state index >= 15 is 0 Å². The molecule has 1 aromatic heterocycles. The molecule has 0 saturated carbocycles. The lowest BCUT2D eigenvalue weighted by Crippen LogP contribution is -2.37. The molecule has 2 heterocycles. The van der Waals surface area contributed by atoms with Crippen LogP contribution in [0.5, 0.6) is 0 Å². The highest BCUT2D eigenvalue weighted by Gasteiger charge is 2.29. The van der Waals surface area contributed by atoms with E-state index in [4.69, 9.17) is 5.73 Å². The summed E-state index contributed by atoms with van der Waals surface area (Å²) >= 11 is 0. The van der Waals surface area contributed by atoms with E-state index in [9.17, 15) is 10.1 Å². The Labute approximate surface area is 118 Å². The van der Waals surface area contributed by atoms with Crippen LogP contribution in [-0.4, -0.2) is 39.2 Å². The van der Waals surface area contributed by atoms with Gasteiger partial charge in [-0.2, -0.15) is 5.10 Å². The molecule has 0 unspecified atom stereocenters. The first-order chi connectivity index (χ1) is 9.40. The number of nitro groups is 1. The number of hydrogen-bond acceptors (Lipinski definition) is 5. The van der Waals surface area contributed by atoms with Gasteiger partial charge in [-0.3, -0.25) is 10.1 Å². The minimum absolute atomic E-state index is 0.0467. The molecule has 0 atom stereocenters. The molecule has 7 nitrogen and oxygen atoms in total. The van der Waals surface area contributed by atoms with Crippen molar-refractivity contribution in [2.45, 2.75) is 39.7 Å². The third-order valence-corrected chi connectivity index (χ3v) is 3.80. The minimum Gasteiger partial charge on any atom is -0.378 e. The molecule has 1 saturated heterocycles. The van der Waals surface area contributed by atoms with E-state index in [1.807, 2.05) is 0 Å². The van der Waals surface area contributed by atoms with Crippen LogP contribution in [0.1, 0.15) is 38.4 Å². The van der Waals surface area contributed by atoms with Gasteiger partial charge in [-0.25, -0.2) is 4.68 Å². The smallest absolute Gasteiger partial charge is 0.333 e. The second kappa shape index (κ2) is 5.78. The Bertz CT molecular complexity index is 489. The molecule has 1 fully saturated rings. The van der Waals surface area contributed by atoms with E-state index in [-0.39, 0.29) is 17.5 Å². The van der Waals surface area contributed by atoms with Crippen molar-refractivity contribution in [3.05, 3.63) is 15.8 Å². The van der Waals surface area contributed by atoms with E-state index in [0.717, 1.165) is 32.5 Å². The van der Waals surface area contributed by atoms with E-state index in [1.165, 1.54) is 0 Å². The van der Waals surface area contributed by atoms with Crippen molar-refractivity contribution in [1.82, 2.24) is 14.7 Å². The van der Waals surface area contributed by atoms with Crippen LogP contribution in [0.2, 0.25) is 0 Å². The summed E-state index contributed by atoms with van der Waals surface area (Å²) in [6.07, 6.45) is 1.88. The SMILES string of the molecule is Cc1nn(C2CCN(CC(C)C)CC2)c(N)c1[N+](=O)[O-]. The van der Waals surface area contributed by atoms with Crippen molar-refractivity contribution in [2.75, 3.05) is 25.4 Å². The molecule has 1 aromatic rings.